The first-order valence-electron chi connectivity index (χ1n) is 9.86. The van der Waals surface area contributed by atoms with E-state index >= 15 is 0 Å². The zero-order valence-corrected chi connectivity index (χ0v) is 18.0. The van der Waals surface area contributed by atoms with Crippen LogP contribution in [0.1, 0.15) is 11.1 Å². The number of halogens is 2. The third-order valence-corrected chi connectivity index (χ3v) is 5.91. The summed E-state index contributed by atoms with van der Waals surface area (Å²) in [6.07, 6.45) is 3.68. The zero-order valence-electron chi connectivity index (χ0n) is 16.5. The van der Waals surface area contributed by atoms with Gasteiger partial charge < -0.3 is 10.2 Å². The van der Waals surface area contributed by atoms with Gasteiger partial charge in [-0.2, -0.15) is 5.10 Å². The maximum Gasteiger partial charge on any atom is 0.173 e. The molecule has 0 bridgehead atoms. The highest BCUT2D eigenvalue weighted by atomic mass is 35.5. The van der Waals surface area contributed by atoms with E-state index in [0.29, 0.717) is 18.2 Å². The summed E-state index contributed by atoms with van der Waals surface area (Å²) in [7, 11) is 0. The van der Waals surface area contributed by atoms with E-state index in [2.05, 4.69) is 20.2 Å². The first-order valence-corrected chi connectivity index (χ1v) is 10.6. The molecule has 0 saturated carbocycles. The monoisotopic (exact) mass is 443 g/mol. The summed E-state index contributed by atoms with van der Waals surface area (Å²) in [4.78, 5) is 4.39. The van der Waals surface area contributed by atoms with Crippen LogP contribution in [0.2, 0.25) is 5.02 Å². The smallest absolute Gasteiger partial charge is 0.173 e. The van der Waals surface area contributed by atoms with Gasteiger partial charge in [0.05, 0.1) is 18.4 Å². The second-order valence-corrected chi connectivity index (χ2v) is 8.10. The van der Waals surface area contributed by atoms with Crippen molar-refractivity contribution in [1.82, 2.24) is 19.6 Å². The van der Waals surface area contributed by atoms with Crippen molar-refractivity contribution in [2.45, 2.75) is 13.1 Å². The van der Waals surface area contributed by atoms with Gasteiger partial charge in [0.25, 0.3) is 0 Å². The fourth-order valence-electron chi connectivity index (χ4n) is 3.49. The predicted molar refractivity (Wildman–Crippen MR) is 122 cm³/mol. The summed E-state index contributed by atoms with van der Waals surface area (Å²) in [5, 5.41) is 9.07. The van der Waals surface area contributed by atoms with Gasteiger partial charge >= 0.3 is 0 Å². The van der Waals surface area contributed by atoms with Crippen molar-refractivity contribution in [3.63, 3.8) is 0 Å². The van der Waals surface area contributed by atoms with Crippen molar-refractivity contribution < 1.29 is 4.39 Å². The third kappa shape index (κ3) is 5.16. The summed E-state index contributed by atoms with van der Waals surface area (Å²) in [5.74, 6) is -0.147. The van der Waals surface area contributed by atoms with Crippen molar-refractivity contribution in [2.75, 3.05) is 31.5 Å². The van der Waals surface area contributed by atoms with E-state index in [1.165, 1.54) is 6.07 Å². The fourth-order valence-corrected chi connectivity index (χ4v) is 3.99. The fraction of sp³-hybridized carbons (Fsp3) is 0.273. The highest BCUT2D eigenvalue weighted by molar-refractivity contribution is 7.80. The highest BCUT2D eigenvalue weighted by Crippen LogP contribution is 2.17. The van der Waals surface area contributed by atoms with Crippen LogP contribution in [0.15, 0.2) is 60.9 Å². The lowest BCUT2D eigenvalue weighted by Gasteiger charge is -2.36. The molecule has 2 heterocycles. The van der Waals surface area contributed by atoms with E-state index in [0.717, 1.165) is 48.0 Å². The lowest BCUT2D eigenvalue weighted by Crippen LogP contribution is -2.49. The van der Waals surface area contributed by atoms with Gasteiger partial charge in [-0.15, -0.1) is 0 Å². The van der Waals surface area contributed by atoms with Crippen LogP contribution in [-0.2, 0) is 13.1 Å². The van der Waals surface area contributed by atoms with Crippen molar-refractivity contribution in [1.29, 1.82) is 0 Å². The van der Waals surface area contributed by atoms with Gasteiger partial charge in [-0.1, -0.05) is 48.0 Å². The molecule has 0 atom stereocenters. The first-order chi connectivity index (χ1) is 14.6. The number of nitrogens with one attached hydrogen (secondary N) is 1. The van der Waals surface area contributed by atoms with Crippen LogP contribution in [0.3, 0.4) is 0 Å². The van der Waals surface area contributed by atoms with Crippen LogP contribution in [0.5, 0.6) is 0 Å². The van der Waals surface area contributed by atoms with Gasteiger partial charge in [0.15, 0.2) is 5.11 Å². The van der Waals surface area contributed by atoms with Gasteiger partial charge in [-0.3, -0.25) is 9.58 Å². The van der Waals surface area contributed by atoms with E-state index in [1.807, 2.05) is 47.3 Å². The lowest BCUT2D eigenvalue weighted by molar-refractivity contribution is 0.175. The Morgan fingerprint density at radius 2 is 1.70 bits per heavy atom. The molecule has 0 aliphatic carbocycles. The topological polar surface area (TPSA) is 36.3 Å². The Balaban J connectivity index is 1.28. The molecule has 1 aromatic heterocycles. The van der Waals surface area contributed by atoms with Gasteiger partial charge in [0, 0.05) is 49.5 Å². The number of thiocarbonyl (C=S) groups is 1. The van der Waals surface area contributed by atoms with Crippen LogP contribution in [-0.4, -0.2) is 50.9 Å². The van der Waals surface area contributed by atoms with E-state index in [-0.39, 0.29) is 5.82 Å². The lowest BCUT2D eigenvalue weighted by atomic mass is 10.2. The van der Waals surface area contributed by atoms with Crippen LogP contribution in [0, 0.1) is 5.82 Å². The summed E-state index contributed by atoms with van der Waals surface area (Å²) in [5.41, 5.74) is 2.60. The number of benzene rings is 2. The molecule has 1 aliphatic rings. The largest absolute Gasteiger partial charge is 0.346 e. The Morgan fingerprint density at radius 1 is 1.00 bits per heavy atom. The number of rotatable bonds is 5. The number of anilines is 1. The van der Waals surface area contributed by atoms with Crippen LogP contribution >= 0.6 is 23.8 Å². The molecule has 0 spiro atoms. The van der Waals surface area contributed by atoms with Gasteiger partial charge in [0.1, 0.15) is 5.82 Å². The molecular weight excluding hydrogens is 421 g/mol. The molecular formula is C22H23ClFN5S. The molecule has 1 fully saturated rings. The van der Waals surface area contributed by atoms with Gasteiger partial charge in [-0.05, 0) is 29.9 Å². The number of nitrogens with zero attached hydrogens (tertiary/aromatic N) is 4. The molecule has 3 aromatic rings. The van der Waals surface area contributed by atoms with Gasteiger partial charge in [-0.25, -0.2) is 4.39 Å². The maximum atomic E-state index is 13.9. The molecule has 0 unspecified atom stereocenters. The van der Waals surface area contributed by atoms with Crippen molar-refractivity contribution in [3.05, 3.63) is 82.9 Å². The quantitative estimate of drug-likeness (QED) is 0.597. The number of aromatic nitrogens is 2. The molecule has 1 aliphatic heterocycles. The summed E-state index contributed by atoms with van der Waals surface area (Å²) in [6, 6.07) is 14.7. The van der Waals surface area contributed by atoms with Crippen LogP contribution in [0.25, 0.3) is 0 Å². The normalized spacial score (nSPS) is 14.7. The first kappa shape index (κ1) is 20.8. The van der Waals surface area contributed by atoms with Crippen LogP contribution < -0.4 is 5.32 Å². The number of hydrogen-bond acceptors (Lipinski definition) is 3. The van der Waals surface area contributed by atoms with Crippen molar-refractivity contribution >= 4 is 34.6 Å². The van der Waals surface area contributed by atoms with E-state index in [1.54, 1.807) is 12.3 Å². The Labute approximate surface area is 186 Å². The molecule has 2 aromatic carbocycles. The molecule has 1 saturated heterocycles. The third-order valence-electron chi connectivity index (χ3n) is 5.19. The van der Waals surface area contributed by atoms with E-state index in [4.69, 9.17) is 23.8 Å². The molecule has 5 nitrogen and oxygen atoms in total. The standard InChI is InChI=1S/C22H23ClFN5S/c23-20-7-3-1-5-17(20)15-29-16-19(13-25-29)26-22(30)28-11-9-27(10-12-28)14-18-6-2-4-8-21(18)24/h1-8,13,16H,9-12,14-15H2,(H,26,30). The SMILES string of the molecule is Fc1ccccc1CN1CCN(C(=S)Nc2cnn(Cc3ccccc3Cl)c2)CC1. The summed E-state index contributed by atoms with van der Waals surface area (Å²) >= 11 is 11.8. The molecule has 1 N–H and O–H groups in total. The molecule has 30 heavy (non-hydrogen) atoms. The Hall–Kier alpha value is -2.48. The minimum atomic E-state index is -0.147. The second-order valence-electron chi connectivity index (χ2n) is 7.30. The number of hydrogen-bond donors (Lipinski definition) is 1. The highest BCUT2D eigenvalue weighted by Gasteiger charge is 2.20. The summed E-state index contributed by atoms with van der Waals surface area (Å²) in [6.45, 7) is 4.49. The van der Waals surface area contributed by atoms with Crippen molar-refractivity contribution in [3.8, 4) is 0 Å². The van der Waals surface area contributed by atoms with E-state index in [9.17, 15) is 4.39 Å². The molecule has 0 amide bonds. The molecule has 0 radical (unpaired) electrons. The second kappa shape index (κ2) is 9.55. The Morgan fingerprint density at radius 3 is 2.43 bits per heavy atom. The Kier molecular flexibility index (Phi) is 6.62. The van der Waals surface area contributed by atoms with Crippen molar-refractivity contribution in [2.24, 2.45) is 0 Å². The minimum absolute atomic E-state index is 0.147. The molecule has 8 heteroatoms. The average molecular weight is 444 g/mol. The molecule has 156 valence electrons. The summed E-state index contributed by atoms with van der Waals surface area (Å²) < 4.78 is 15.7. The number of piperazine rings is 1. The van der Waals surface area contributed by atoms with Crippen LogP contribution in [0.4, 0.5) is 10.1 Å². The maximum absolute atomic E-state index is 13.9. The average Bonchev–Trinajstić information content (AvgIpc) is 3.19. The van der Waals surface area contributed by atoms with Gasteiger partial charge in [0.2, 0.25) is 0 Å². The Bertz CT molecular complexity index is 1020. The minimum Gasteiger partial charge on any atom is -0.346 e. The molecule has 4 rings (SSSR count). The van der Waals surface area contributed by atoms with E-state index < -0.39 is 0 Å². The zero-order chi connectivity index (χ0) is 20.9. The predicted octanol–water partition coefficient (Wildman–Crippen LogP) is 4.24.